The molecule has 1 fully saturated rings. The Morgan fingerprint density at radius 1 is 1.40 bits per heavy atom. The molecule has 0 N–H and O–H groups in total. The molecule has 0 saturated heterocycles. The molecule has 1 saturated carbocycles. The Morgan fingerprint density at radius 3 is 2.67 bits per heavy atom. The van der Waals surface area contributed by atoms with Crippen LogP contribution in [0.4, 0.5) is 0 Å². The first-order valence-electron chi connectivity index (χ1n) is 5.89. The van der Waals surface area contributed by atoms with E-state index in [0.717, 1.165) is 12.8 Å². The smallest absolute Gasteiger partial charge is 0.321 e. The van der Waals surface area contributed by atoms with Gasteiger partial charge in [0.25, 0.3) is 0 Å². The second-order valence-corrected chi connectivity index (χ2v) is 5.10. The minimum absolute atomic E-state index is 0.0229. The highest BCUT2D eigenvalue weighted by atomic mass is 35.5. The third-order valence-corrected chi connectivity index (χ3v) is 3.22. The fourth-order valence-corrected chi connectivity index (χ4v) is 2.47. The summed E-state index contributed by atoms with van der Waals surface area (Å²) in [6, 6.07) is 0. The van der Waals surface area contributed by atoms with Gasteiger partial charge in [-0.2, -0.15) is 0 Å². The molecule has 1 aliphatic rings. The van der Waals surface area contributed by atoms with E-state index < -0.39 is 0 Å². The highest BCUT2D eigenvalue weighted by Crippen LogP contribution is 2.31. The van der Waals surface area contributed by atoms with E-state index in [0.29, 0.717) is 11.8 Å². The standard InChI is InChI=1S/C12H21ClO2/c1-9(2)7-10-5-3-4-6-11(10)15-12(14)8-13/h9-11H,3-8H2,1-2H3. The van der Waals surface area contributed by atoms with Gasteiger partial charge in [0.05, 0.1) is 0 Å². The number of hydrogen-bond acceptors (Lipinski definition) is 2. The maximum absolute atomic E-state index is 11.2. The number of hydrogen-bond donors (Lipinski definition) is 0. The maximum Gasteiger partial charge on any atom is 0.321 e. The predicted octanol–water partition coefficient (Wildman–Crippen LogP) is 3.37. The van der Waals surface area contributed by atoms with Gasteiger partial charge in [0.2, 0.25) is 0 Å². The largest absolute Gasteiger partial charge is 0.461 e. The van der Waals surface area contributed by atoms with Crippen molar-refractivity contribution in [1.29, 1.82) is 0 Å². The Bertz CT molecular complexity index is 204. The molecule has 0 bridgehead atoms. The second kappa shape index (κ2) is 6.37. The number of halogens is 1. The van der Waals surface area contributed by atoms with Crippen molar-refractivity contribution < 1.29 is 9.53 Å². The molecule has 88 valence electrons. The molecule has 2 nitrogen and oxygen atoms in total. The van der Waals surface area contributed by atoms with E-state index in [1.165, 1.54) is 19.3 Å². The summed E-state index contributed by atoms with van der Waals surface area (Å²) < 4.78 is 5.38. The summed E-state index contributed by atoms with van der Waals surface area (Å²) in [6.07, 6.45) is 5.92. The van der Waals surface area contributed by atoms with Crippen LogP contribution in [0, 0.1) is 11.8 Å². The second-order valence-electron chi connectivity index (χ2n) is 4.84. The van der Waals surface area contributed by atoms with Gasteiger partial charge in [-0.25, -0.2) is 0 Å². The SMILES string of the molecule is CC(C)CC1CCCCC1OC(=O)CCl. The van der Waals surface area contributed by atoms with E-state index in [-0.39, 0.29) is 18.0 Å². The van der Waals surface area contributed by atoms with Crippen LogP contribution in [-0.2, 0) is 9.53 Å². The fourth-order valence-electron chi connectivity index (χ4n) is 2.40. The zero-order chi connectivity index (χ0) is 11.3. The minimum atomic E-state index is -0.266. The van der Waals surface area contributed by atoms with E-state index in [4.69, 9.17) is 16.3 Å². The van der Waals surface area contributed by atoms with Gasteiger partial charge in [-0.3, -0.25) is 4.79 Å². The molecule has 0 radical (unpaired) electrons. The van der Waals surface area contributed by atoms with Crippen molar-refractivity contribution in [3.8, 4) is 0 Å². The molecule has 1 aliphatic carbocycles. The van der Waals surface area contributed by atoms with Gasteiger partial charge in [-0.1, -0.05) is 20.3 Å². The minimum Gasteiger partial charge on any atom is -0.461 e. The normalized spacial score (nSPS) is 26.7. The monoisotopic (exact) mass is 232 g/mol. The van der Waals surface area contributed by atoms with Crippen LogP contribution in [0.25, 0.3) is 0 Å². The van der Waals surface area contributed by atoms with E-state index in [2.05, 4.69) is 13.8 Å². The first-order valence-corrected chi connectivity index (χ1v) is 6.42. The molecule has 2 atom stereocenters. The molecule has 0 heterocycles. The zero-order valence-corrected chi connectivity index (χ0v) is 10.4. The van der Waals surface area contributed by atoms with Crippen LogP contribution in [0.15, 0.2) is 0 Å². The molecule has 0 spiro atoms. The maximum atomic E-state index is 11.2. The lowest BCUT2D eigenvalue weighted by Gasteiger charge is -2.32. The highest BCUT2D eigenvalue weighted by Gasteiger charge is 2.28. The van der Waals surface area contributed by atoms with Crippen molar-refractivity contribution in [1.82, 2.24) is 0 Å². The summed E-state index contributed by atoms with van der Waals surface area (Å²) in [5.41, 5.74) is 0. The third-order valence-electron chi connectivity index (χ3n) is 3.01. The number of alkyl halides is 1. The topological polar surface area (TPSA) is 26.3 Å². The van der Waals surface area contributed by atoms with Crippen molar-refractivity contribution in [3.63, 3.8) is 0 Å². The average molecular weight is 233 g/mol. The molecule has 1 rings (SSSR count). The first kappa shape index (κ1) is 12.8. The average Bonchev–Trinajstić information content (AvgIpc) is 2.20. The Morgan fingerprint density at radius 2 is 2.07 bits per heavy atom. The van der Waals surface area contributed by atoms with Crippen LogP contribution in [0.2, 0.25) is 0 Å². The summed E-state index contributed by atoms with van der Waals surface area (Å²) in [6.45, 7) is 4.43. The van der Waals surface area contributed by atoms with Crippen molar-refractivity contribution in [2.75, 3.05) is 5.88 Å². The molecular formula is C12H21ClO2. The van der Waals surface area contributed by atoms with Gasteiger partial charge in [0, 0.05) is 0 Å². The number of ether oxygens (including phenoxy) is 1. The van der Waals surface area contributed by atoms with Gasteiger partial charge in [0.1, 0.15) is 12.0 Å². The molecule has 0 aromatic carbocycles. The van der Waals surface area contributed by atoms with Crippen LogP contribution in [0.5, 0.6) is 0 Å². The molecule has 2 unspecified atom stereocenters. The van der Waals surface area contributed by atoms with Crippen molar-refractivity contribution in [3.05, 3.63) is 0 Å². The highest BCUT2D eigenvalue weighted by molar-refractivity contribution is 6.26. The van der Waals surface area contributed by atoms with Gasteiger partial charge in [-0.15, -0.1) is 11.6 Å². The zero-order valence-electron chi connectivity index (χ0n) is 9.67. The number of carbonyl (C=O) groups is 1. The Hall–Kier alpha value is -0.240. The Labute approximate surface area is 97.3 Å². The molecule has 0 amide bonds. The van der Waals surface area contributed by atoms with E-state index >= 15 is 0 Å². The Kier molecular flexibility index (Phi) is 5.44. The summed E-state index contributed by atoms with van der Waals surface area (Å²) in [4.78, 5) is 11.2. The third kappa shape index (κ3) is 4.42. The van der Waals surface area contributed by atoms with Crippen molar-refractivity contribution >= 4 is 17.6 Å². The summed E-state index contributed by atoms with van der Waals surface area (Å²) in [5.74, 6) is 0.929. The van der Waals surface area contributed by atoms with Crippen LogP contribution in [0.1, 0.15) is 46.0 Å². The van der Waals surface area contributed by atoms with Gasteiger partial charge in [-0.05, 0) is 37.5 Å². The lowest BCUT2D eigenvalue weighted by molar-refractivity contribution is -0.150. The molecule has 0 aromatic rings. The first-order chi connectivity index (χ1) is 7.13. The van der Waals surface area contributed by atoms with E-state index in [1.54, 1.807) is 0 Å². The summed E-state index contributed by atoms with van der Waals surface area (Å²) in [7, 11) is 0. The number of esters is 1. The molecule has 0 aliphatic heterocycles. The van der Waals surface area contributed by atoms with Crippen LogP contribution < -0.4 is 0 Å². The van der Waals surface area contributed by atoms with Gasteiger partial charge >= 0.3 is 5.97 Å². The molecule has 3 heteroatoms. The Balaban J connectivity index is 2.45. The van der Waals surface area contributed by atoms with Gasteiger partial charge in [0.15, 0.2) is 0 Å². The van der Waals surface area contributed by atoms with Crippen LogP contribution in [-0.4, -0.2) is 18.0 Å². The summed E-state index contributed by atoms with van der Waals surface area (Å²) >= 11 is 5.45. The fraction of sp³-hybridized carbons (Fsp3) is 0.917. The summed E-state index contributed by atoms with van der Waals surface area (Å²) in [5, 5.41) is 0. The van der Waals surface area contributed by atoms with Crippen molar-refractivity contribution in [2.24, 2.45) is 11.8 Å². The van der Waals surface area contributed by atoms with Crippen LogP contribution in [0.3, 0.4) is 0 Å². The molecule has 15 heavy (non-hydrogen) atoms. The number of rotatable bonds is 4. The lowest BCUT2D eigenvalue weighted by Crippen LogP contribution is -2.31. The predicted molar refractivity (Wildman–Crippen MR) is 62.0 cm³/mol. The molecular weight excluding hydrogens is 212 g/mol. The van der Waals surface area contributed by atoms with E-state index in [9.17, 15) is 4.79 Å². The van der Waals surface area contributed by atoms with E-state index in [1.807, 2.05) is 0 Å². The molecule has 0 aromatic heterocycles. The van der Waals surface area contributed by atoms with Gasteiger partial charge < -0.3 is 4.74 Å². The number of carbonyl (C=O) groups excluding carboxylic acids is 1. The quantitative estimate of drug-likeness (QED) is 0.549. The van der Waals surface area contributed by atoms with Crippen molar-refractivity contribution in [2.45, 2.75) is 52.1 Å². The lowest BCUT2D eigenvalue weighted by atomic mass is 9.81. The van der Waals surface area contributed by atoms with Crippen LogP contribution >= 0.6 is 11.6 Å².